The number of sulfonamides is 1. The Morgan fingerprint density at radius 3 is 2.73 bits per heavy atom. The maximum absolute atomic E-state index is 13.3. The van der Waals surface area contributed by atoms with Crippen molar-refractivity contribution in [1.29, 1.82) is 0 Å². The van der Waals surface area contributed by atoms with E-state index in [4.69, 9.17) is 11.6 Å². The predicted octanol–water partition coefficient (Wildman–Crippen LogP) is 2.35. The number of hydrogen-bond acceptors (Lipinski definition) is 4. The summed E-state index contributed by atoms with van der Waals surface area (Å²) < 4.78 is 25.6. The molecule has 0 spiro atoms. The third-order valence-electron chi connectivity index (χ3n) is 4.39. The number of benzene rings is 1. The second-order valence-electron chi connectivity index (χ2n) is 6.32. The van der Waals surface area contributed by atoms with Crippen LogP contribution in [0.2, 0.25) is 5.02 Å². The fraction of sp³-hybridized carbons (Fsp3) is 0.333. The molecule has 3 rings (SSSR count). The quantitative estimate of drug-likeness (QED) is 0.845. The lowest BCUT2D eigenvalue weighted by molar-refractivity contribution is -0.120. The number of fused-ring (bicyclic) bond motifs is 1. The second-order valence-corrected chi connectivity index (χ2v) is 8.59. The monoisotopic (exact) mass is 393 g/mol. The van der Waals surface area contributed by atoms with E-state index in [1.807, 2.05) is 6.07 Å². The van der Waals surface area contributed by atoms with Gasteiger partial charge in [0, 0.05) is 24.3 Å². The van der Waals surface area contributed by atoms with Crippen molar-refractivity contribution in [3.63, 3.8) is 0 Å². The van der Waals surface area contributed by atoms with E-state index in [1.165, 1.54) is 0 Å². The highest BCUT2D eigenvalue weighted by Crippen LogP contribution is 2.30. The van der Waals surface area contributed by atoms with Gasteiger partial charge in [-0.2, -0.15) is 0 Å². The molecule has 1 aromatic heterocycles. The number of aryl methyl sites for hydroxylation is 1. The van der Waals surface area contributed by atoms with Crippen molar-refractivity contribution in [1.82, 2.24) is 9.71 Å². The Balaban J connectivity index is 1.93. The fourth-order valence-corrected chi connectivity index (χ4v) is 3.71. The molecular weight excluding hydrogens is 374 g/mol. The average molecular weight is 394 g/mol. The average Bonchev–Trinajstić information content (AvgIpc) is 2.61. The highest BCUT2D eigenvalue weighted by Gasteiger charge is 2.30. The first-order chi connectivity index (χ1) is 12.3. The molecule has 0 unspecified atom stereocenters. The molecule has 2 heterocycles. The second kappa shape index (κ2) is 7.73. The van der Waals surface area contributed by atoms with Gasteiger partial charge in [0.1, 0.15) is 0 Å². The van der Waals surface area contributed by atoms with Gasteiger partial charge in [0.05, 0.1) is 24.1 Å². The van der Waals surface area contributed by atoms with E-state index in [1.54, 1.807) is 41.6 Å². The minimum Gasteiger partial charge on any atom is -0.310 e. The van der Waals surface area contributed by atoms with Crippen LogP contribution in [0.3, 0.4) is 0 Å². The minimum atomic E-state index is -3.42. The lowest BCUT2D eigenvalue weighted by Gasteiger charge is -2.32. The Labute approximate surface area is 158 Å². The number of halogens is 1. The molecule has 1 amide bonds. The van der Waals surface area contributed by atoms with Crippen LogP contribution in [0.25, 0.3) is 0 Å². The summed E-state index contributed by atoms with van der Waals surface area (Å²) >= 11 is 5.95. The molecule has 1 atom stereocenters. The SMILES string of the molecule is CS(=O)(=O)NC[C@@H](C(=O)N1CCCc2ccncc21)c1ccc(Cl)cc1. The molecule has 0 aliphatic carbocycles. The topological polar surface area (TPSA) is 79.4 Å². The number of nitrogens with zero attached hydrogens (tertiary/aromatic N) is 2. The van der Waals surface area contributed by atoms with Gasteiger partial charge in [-0.1, -0.05) is 23.7 Å². The van der Waals surface area contributed by atoms with Gasteiger partial charge in [0.15, 0.2) is 0 Å². The van der Waals surface area contributed by atoms with Gasteiger partial charge in [-0.15, -0.1) is 0 Å². The molecule has 1 aliphatic heterocycles. The Hall–Kier alpha value is -1.96. The first-order valence-corrected chi connectivity index (χ1v) is 10.6. The van der Waals surface area contributed by atoms with Crippen LogP contribution in [0, 0.1) is 0 Å². The number of carbonyl (C=O) groups is 1. The predicted molar refractivity (Wildman–Crippen MR) is 102 cm³/mol. The fourth-order valence-electron chi connectivity index (χ4n) is 3.11. The molecule has 1 N–H and O–H groups in total. The van der Waals surface area contributed by atoms with E-state index in [0.717, 1.165) is 30.3 Å². The summed E-state index contributed by atoms with van der Waals surface area (Å²) in [4.78, 5) is 19.1. The summed E-state index contributed by atoms with van der Waals surface area (Å²) in [5, 5.41) is 0.559. The van der Waals surface area contributed by atoms with Crippen LogP contribution in [0.1, 0.15) is 23.5 Å². The van der Waals surface area contributed by atoms with Crippen molar-refractivity contribution in [2.45, 2.75) is 18.8 Å². The van der Waals surface area contributed by atoms with Crippen molar-refractivity contribution in [3.8, 4) is 0 Å². The first-order valence-electron chi connectivity index (χ1n) is 8.29. The number of hydrogen-bond donors (Lipinski definition) is 1. The lowest BCUT2D eigenvalue weighted by atomic mass is 9.95. The van der Waals surface area contributed by atoms with Gasteiger partial charge >= 0.3 is 0 Å². The number of rotatable bonds is 5. The first kappa shape index (κ1) is 18.8. The molecular formula is C18H20ClN3O3S. The molecule has 0 saturated carbocycles. The van der Waals surface area contributed by atoms with Crippen molar-refractivity contribution in [2.24, 2.45) is 0 Å². The van der Waals surface area contributed by atoms with Crippen molar-refractivity contribution in [2.75, 3.05) is 24.2 Å². The number of carbonyl (C=O) groups excluding carboxylic acids is 1. The normalized spacial score (nSPS) is 15.4. The largest absolute Gasteiger partial charge is 0.310 e. The maximum atomic E-state index is 13.3. The molecule has 0 saturated heterocycles. The van der Waals surface area contributed by atoms with Crippen molar-refractivity contribution >= 4 is 33.2 Å². The molecule has 0 bridgehead atoms. The van der Waals surface area contributed by atoms with E-state index in [0.29, 0.717) is 17.1 Å². The molecule has 138 valence electrons. The van der Waals surface area contributed by atoms with Crippen LogP contribution in [-0.2, 0) is 21.2 Å². The summed E-state index contributed by atoms with van der Waals surface area (Å²) in [6.07, 6.45) is 6.24. The molecule has 26 heavy (non-hydrogen) atoms. The number of amides is 1. The van der Waals surface area contributed by atoms with E-state index in [2.05, 4.69) is 9.71 Å². The zero-order valence-electron chi connectivity index (χ0n) is 14.4. The zero-order chi connectivity index (χ0) is 18.7. The van der Waals surface area contributed by atoms with E-state index >= 15 is 0 Å². The maximum Gasteiger partial charge on any atom is 0.235 e. The molecule has 0 radical (unpaired) electrons. The Kier molecular flexibility index (Phi) is 5.60. The summed E-state index contributed by atoms with van der Waals surface area (Å²) in [7, 11) is -3.42. The summed E-state index contributed by atoms with van der Waals surface area (Å²) in [5.74, 6) is -0.800. The Morgan fingerprint density at radius 2 is 2.04 bits per heavy atom. The van der Waals surface area contributed by atoms with Gasteiger partial charge in [-0.25, -0.2) is 13.1 Å². The number of anilines is 1. The zero-order valence-corrected chi connectivity index (χ0v) is 15.9. The van der Waals surface area contributed by atoms with E-state index in [9.17, 15) is 13.2 Å². The summed E-state index contributed by atoms with van der Waals surface area (Å²) in [5.41, 5.74) is 2.58. The Morgan fingerprint density at radius 1 is 1.31 bits per heavy atom. The van der Waals surface area contributed by atoms with Crippen LogP contribution in [0.4, 0.5) is 5.69 Å². The molecule has 6 nitrogen and oxygen atoms in total. The van der Waals surface area contributed by atoms with Crippen molar-refractivity contribution in [3.05, 3.63) is 58.9 Å². The minimum absolute atomic E-state index is 0.00854. The standard InChI is InChI=1S/C18H20ClN3O3S/c1-26(24,25)21-11-16(13-4-6-15(19)7-5-13)18(23)22-10-2-3-14-8-9-20-12-17(14)22/h4-9,12,16,21H,2-3,10-11H2,1H3/t16-/m1/s1. The van der Waals surface area contributed by atoms with Gasteiger partial charge in [0.25, 0.3) is 0 Å². The van der Waals surface area contributed by atoms with Crippen LogP contribution < -0.4 is 9.62 Å². The van der Waals surface area contributed by atoms with E-state index < -0.39 is 15.9 Å². The molecule has 1 aliphatic rings. The molecule has 1 aromatic carbocycles. The smallest absolute Gasteiger partial charge is 0.235 e. The number of pyridine rings is 1. The van der Waals surface area contributed by atoms with Crippen LogP contribution >= 0.6 is 11.6 Å². The third kappa shape index (κ3) is 4.41. The molecule has 2 aromatic rings. The van der Waals surface area contributed by atoms with Crippen molar-refractivity contribution < 1.29 is 13.2 Å². The summed E-state index contributed by atoms with van der Waals surface area (Å²) in [6, 6.07) is 8.82. The molecule has 0 fully saturated rings. The van der Waals surface area contributed by atoms with Crippen LogP contribution in [0.15, 0.2) is 42.7 Å². The number of nitrogens with one attached hydrogen (secondary N) is 1. The van der Waals surface area contributed by atoms with Gasteiger partial charge in [-0.05, 0) is 42.2 Å². The lowest BCUT2D eigenvalue weighted by Crippen LogP contribution is -2.42. The highest BCUT2D eigenvalue weighted by molar-refractivity contribution is 7.88. The Bertz CT molecular complexity index is 900. The molecule has 8 heteroatoms. The van der Waals surface area contributed by atoms with Gasteiger partial charge in [-0.3, -0.25) is 9.78 Å². The van der Waals surface area contributed by atoms with Crippen LogP contribution in [-0.4, -0.2) is 38.7 Å². The van der Waals surface area contributed by atoms with E-state index in [-0.39, 0.29) is 12.5 Å². The summed E-state index contributed by atoms with van der Waals surface area (Å²) in [6.45, 7) is 0.575. The highest BCUT2D eigenvalue weighted by atomic mass is 35.5. The van der Waals surface area contributed by atoms with Crippen LogP contribution in [0.5, 0.6) is 0 Å². The van der Waals surface area contributed by atoms with Gasteiger partial charge in [0.2, 0.25) is 15.9 Å². The third-order valence-corrected chi connectivity index (χ3v) is 5.34. The van der Waals surface area contributed by atoms with Gasteiger partial charge < -0.3 is 4.90 Å². The number of aromatic nitrogens is 1.